The number of amides is 1. The molecule has 0 fully saturated rings. The van der Waals surface area contributed by atoms with Crippen LogP contribution in [0.3, 0.4) is 0 Å². The van der Waals surface area contributed by atoms with Gasteiger partial charge >= 0.3 is 0 Å². The number of hydrogen-bond acceptors (Lipinski definition) is 6. The van der Waals surface area contributed by atoms with E-state index in [1.807, 2.05) is 37.5 Å². The molecule has 0 aliphatic rings. The SMILES string of the molecule is COc1cccc(NC(=O)CSc2nnc(C(C)Oc3ccc(F)cc3)n2C(C)C)c1. The Hall–Kier alpha value is -3.07. The van der Waals surface area contributed by atoms with Crippen molar-refractivity contribution in [2.24, 2.45) is 0 Å². The third-order valence-electron chi connectivity index (χ3n) is 4.38. The zero-order chi connectivity index (χ0) is 22.4. The van der Waals surface area contributed by atoms with Gasteiger partial charge in [-0.05, 0) is 57.2 Å². The van der Waals surface area contributed by atoms with E-state index < -0.39 is 6.10 Å². The van der Waals surface area contributed by atoms with Crippen LogP contribution in [0.4, 0.5) is 10.1 Å². The molecule has 0 bridgehead atoms. The van der Waals surface area contributed by atoms with E-state index in [4.69, 9.17) is 9.47 Å². The van der Waals surface area contributed by atoms with Crippen LogP contribution in [0.5, 0.6) is 11.5 Å². The van der Waals surface area contributed by atoms with Gasteiger partial charge in [-0.2, -0.15) is 0 Å². The first-order chi connectivity index (χ1) is 14.9. The van der Waals surface area contributed by atoms with E-state index in [1.54, 1.807) is 31.4 Å². The van der Waals surface area contributed by atoms with Crippen molar-refractivity contribution in [3.05, 3.63) is 60.2 Å². The topological polar surface area (TPSA) is 78.3 Å². The van der Waals surface area contributed by atoms with Crippen LogP contribution in [0.25, 0.3) is 0 Å². The van der Waals surface area contributed by atoms with Gasteiger partial charge in [0.05, 0.1) is 12.9 Å². The molecule has 0 radical (unpaired) electrons. The maximum absolute atomic E-state index is 13.1. The predicted octanol–water partition coefficient (Wildman–Crippen LogP) is 4.88. The first kappa shape index (κ1) is 22.6. The van der Waals surface area contributed by atoms with Crippen molar-refractivity contribution < 1.29 is 18.7 Å². The van der Waals surface area contributed by atoms with E-state index in [-0.39, 0.29) is 23.5 Å². The third kappa shape index (κ3) is 5.97. The molecule has 0 aliphatic carbocycles. The van der Waals surface area contributed by atoms with Crippen molar-refractivity contribution in [2.75, 3.05) is 18.2 Å². The van der Waals surface area contributed by atoms with Crippen molar-refractivity contribution >= 4 is 23.4 Å². The second kappa shape index (κ2) is 10.3. The Morgan fingerprint density at radius 2 is 1.87 bits per heavy atom. The molecule has 1 N–H and O–H groups in total. The largest absolute Gasteiger partial charge is 0.497 e. The molecule has 3 aromatic rings. The first-order valence-corrected chi connectivity index (χ1v) is 10.8. The number of nitrogens with one attached hydrogen (secondary N) is 1. The molecule has 2 aromatic carbocycles. The number of carbonyl (C=O) groups is 1. The highest BCUT2D eigenvalue weighted by atomic mass is 32.2. The van der Waals surface area contributed by atoms with Gasteiger partial charge in [0.2, 0.25) is 5.91 Å². The Morgan fingerprint density at radius 1 is 1.13 bits per heavy atom. The Kier molecular flexibility index (Phi) is 7.51. The quantitative estimate of drug-likeness (QED) is 0.474. The highest BCUT2D eigenvalue weighted by Gasteiger charge is 2.22. The number of aromatic nitrogens is 3. The number of thioether (sulfide) groups is 1. The maximum atomic E-state index is 13.1. The summed E-state index contributed by atoms with van der Waals surface area (Å²) in [6.07, 6.45) is -0.402. The summed E-state index contributed by atoms with van der Waals surface area (Å²) in [5.41, 5.74) is 0.664. The molecule has 31 heavy (non-hydrogen) atoms. The summed E-state index contributed by atoms with van der Waals surface area (Å²) >= 11 is 1.30. The fourth-order valence-electron chi connectivity index (χ4n) is 2.95. The zero-order valence-corrected chi connectivity index (χ0v) is 18.6. The number of hydrogen-bond donors (Lipinski definition) is 1. The predicted molar refractivity (Wildman–Crippen MR) is 118 cm³/mol. The second-order valence-electron chi connectivity index (χ2n) is 7.09. The number of anilines is 1. The number of nitrogens with zero attached hydrogens (tertiary/aromatic N) is 3. The van der Waals surface area contributed by atoms with Crippen molar-refractivity contribution in [3.63, 3.8) is 0 Å². The van der Waals surface area contributed by atoms with Crippen molar-refractivity contribution in [3.8, 4) is 11.5 Å². The van der Waals surface area contributed by atoms with Crippen LogP contribution < -0.4 is 14.8 Å². The van der Waals surface area contributed by atoms with Gasteiger partial charge in [-0.3, -0.25) is 4.79 Å². The van der Waals surface area contributed by atoms with Gasteiger partial charge in [-0.25, -0.2) is 4.39 Å². The first-order valence-electron chi connectivity index (χ1n) is 9.81. The molecule has 1 amide bonds. The standard InChI is InChI=1S/C22H25FN4O3S/c1-14(2)27-21(15(3)30-18-10-8-16(23)9-11-18)25-26-22(27)31-13-20(28)24-17-6-5-7-19(12-17)29-4/h5-12,14-15H,13H2,1-4H3,(H,24,28). The number of carbonyl (C=O) groups excluding carboxylic acids is 1. The molecule has 9 heteroatoms. The van der Waals surface area contributed by atoms with E-state index in [2.05, 4.69) is 15.5 Å². The number of benzene rings is 2. The summed E-state index contributed by atoms with van der Waals surface area (Å²) in [6.45, 7) is 5.88. The Morgan fingerprint density at radius 3 is 2.55 bits per heavy atom. The summed E-state index contributed by atoms with van der Waals surface area (Å²) in [5.74, 6) is 1.54. The highest BCUT2D eigenvalue weighted by molar-refractivity contribution is 7.99. The third-order valence-corrected chi connectivity index (χ3v) is 5.33. The van der Waals surface area contributed by atoms with E-state index in [0.717, 1.165) is 0 Å². The van der Waals surface area contributed by atoms with Gasteiger partial charge in [0, 0.05) is 17.8 Å². The molecule has 7 nitrogen and oxygen atoms in total. The molecular formula is C22H25FN4O3S. The summed E-state index contributed by atoms with van der Waals surface area (Å²) in [7, 11) is 1.58. The number of rotatable bonds is 9. The highest BCUT2D eigenvalue weighted by Crippen LogP contribution is 2.28. The van der Waals surface area contributed by atoms with Crippen LogP contribution in [0.2, 0.25) is 0 Å². The molecule has 3 rings (SSSR count). The summed E-state index contributed by atoms with van der Waals surface area (Å²) in [5, 5.41) is 12.0. The van der Waals surface area contributed by atoms with Crippen LogP contribution >= 0.6 is 11.8 Å². The van der Waals surface area contributed by atoms with Crippen molar-refractivity contribution in [1.29, 1.82) is 0 Å². The van der Waals surface area contributed by atoms with Crippen molar-refractivity contribution in [2.45, 2.75) is 38.1 Å². The molecule has 164 valence electrons. The summed E-state index contributed by atoms with van der Waals surface area (Å²) < 4.78 is 26.1. The average Bonchev–Trinajstić information content (AvgIpc) is 3.18. The Balaban J connectivity index is 1.66. The number of ether oxygens (including phenoxy) is 2. The van der Waals surface area contributed by atoms with Crippen LogP contribution in [0, 0.1) is 5.82 Å². The fraction of sp³-hybridized carbons (Fsp3) is 0.318. The lowest BCUT2D eigenvalue weighted by Crippen LogP contribution is -2.16. The minimum Gasteiger partial charge on any atom is -0.497 e. The molecule has 1 heterocycles. The average molecular weight is 445 g/mol. The number of methoxy groups -OCH3 is 1. The smallest absolute Gasteiger partial charge is 0.234 e. The van der Waals surface area contributed by atoms with Gasteiger partial charge in [-0.15, -0.1) is 10.2 Å². The summed E-state index contributed by atoms with van der Waals surface area (Å²) in [6, 6.07) is 13.1. The Labute approximate surface area is 185 Å². The van der Waals surface area contributed by atoms with Gasteiger partial charge < -0.3 is 19.4 Å². The van der Waals surface area contributed by atoms with Gasteiger partial charge in [0.15, 0.2) is 17.1 Å². The lowest BCUT2D eigenvalue weighted by molar-refractivity contribution is -0.113. The molecule has 0 spiro atoms. The minimum absolute atomic E-state index is 0.0632. The van der Waals surface area contributed by atoms with E-state index >= 15 is 0 Å². The van der Waals surface area contributed by atoms with Gasteiger partial charge in [0.1, 0.15) is 17.3 Å². The molecule has 0 aliphatic heterocycles. The minimum atomic E-state index is -0.402. The van der Waals surface area contributed by atoms with Crippen LogP contribution in [-0.4, -0.2) is 33.5 Å². The Bertz CT molecular complexity index is 1020. The van der Waals surface area contributed by atoms with Gasteiger partial charge in [0.25, 0.3) is 0 Å². The van der Waals surface area contributed by atoms with Crippen LogP contribution in [-0.2, 0) is 4.79 Å². The zero-order valence-electron chi connectivity index (χ0n) is 17.8. The lowest BCUT2D eigenvalue weighted by atomic mass is 10.3. The monoisotopic (exact) mass is 444 g/mol. The van der Waals surface area contributed by atoms with Gasteiger partial charge in [-0.1, -0.05) is 17.8 Å². The molecule has 0 saturated carbocycles. The maximum Gasteiger partial charge on any atom is 0.234 e. The lowest BCUT2D eigenvalue weighted by Gasteiger charge is -2.18. The molecular weight excluding hydrogens is 419 g/mol. The van der Waals surface area contributed by atoms with Crippen molar-refractivity contribution in [1.82, 2.24) is 14.8 Å². The molecule has 1 unspecified atom stereocenters. The fourth-order valence-corrected chi connectivity index (χ4v) is 3.82. The van der Waals surface area contributed by atoms with E-state index in [0.29, 0.717) is 28.2 Å². The summed E-state index contributed by atoms with van der Waals surface area (Å²) in [4.78, 5) is 12.4. The normalized spacial score (nSPS) is 11.9. The van der Waals surface area contributed by atoms with Crippen LogP contribution in [0.15, 0.2) is 53.7 Å². The second-order valence-corrected chi connectivity index (χ2v) is 8.03. The van der Waals surface area contributed by atoms with Crippen LogP contribution in [0.1, 0.15) is 38.7 Å². The molecule has 1 atom stereocenters. The molecule has 1 aromatic heterocycles. The molecule has 0 saturated heterocycles. The van der Waals surface area contributed by atoms with E-state index in [1.165, 1.54) is 23.9 Å². The number of halogens is 1. The van der Waals surface area contributed by atoms with E-state index in [9.17, 15) is 9.18 Å².